The fourth-order valence-electron chi connectivity index (χ4n) is 2.44. The van der Waals surface area contributed by atoms with E-state index in [1.54, 1.807) is 11.9 Å². The van der Waals surface area contributed by atoms with Crippen molar-refractivity contribution >= 4 is 6.03 Å². The fourth-order valence-corrected chi connectivity index (χ4v) is 2.44. The highest BCUT2D eigenvalue weighted by Gasteiger charge is 2.14. The molecule has 2 amide bonds. The summed E-state index contributed by atoms with van der Waals surface area (Å²) >= 11 is 0. The van der Waals surface area contributed by atoms with Gasteiger partial charge in [-0.15, -0.1) is 0 Å². The number of benzene rings is 2. The molecule has 0 saturated heterocycles. The predicted molar refractivity (Wildman–Crippen MR) is 102 cm³/mol. The lowest BCUT2D eigenvalue weighted by molar-refractivity contribution is 0.203. The predicted octanol–water partition coefficient (Wildman–Crippen LogP) is 4.20. The highest BCUT2D eigenvalue weighted by Crippen LogP contribution is 2.25. The first-order valence-corrected chi connectivity index (χ1v) is 8.62. The van der Waals surface area contributed by atoms with Crippen LogP contribution in [-0.2, 0) is 12.0 Å². The maximum atomic E-state index is 12.1. The van der Waals surface area contributed by atoms with Gasteiger partial charge in [-0.05, 0) is 28.7 Å². The smallest absolute Gasteiger partial charge is 0.317 e. The lowest BCUT2D eigenvalue weighted by Crippen LogP contribution is -2.38. The summed E-state index contributed by atoms with van der Waals surface area (Å²) in [6, 6.07) is 17.9. The lowest BCUT2D eigenvalue weighted by Gasteiger charge is -2.20. The minimum absolute atomic E-state index is 0.0910. The SMILES string of the molecule is CN(Cc1ccccc1)C(=O)NCCOc1cccc(C(C)(C)C)c1. The minimum atomic E-state index is -0.101. The van der Waals surface area contributed by atoms with Crippen LogP contribution < -0.4 is 10.1 Å². The summed E-state index contributed by atoms with van der Waals surface area (Å²) in [6.07, 6.45) is 0. The molecule has 0 fully saturated rings. The first-order valence-electron chi connectivity index (χ1n) is 8.62. The zero-order valence-corrected chi connectivity index (χ0v) is 15.6. The third kappa shape index (κ3) is 6.14. The summed E-state index contributed by atoms with van der Waals surface area (Å²) in [7, 11) is 1.79. The molecule has 4 nitrogen and oxygen atoms in total. The Morgan fingerprint density at radius 3 is 2.48 bits per heavy atom. The maximum Gasteiger partial charge on any atom is 0.317 e. The Balaban J connectivity index is 1.74. The van der Waals surface area contributed by atoms with E-state index >= 15 is 0 Å². The van der Waals surface area contributed by atoms with Crippen molar-refractivity contribution in [1.82, 2.24) is 10.2 Å². The van der Waals surface area contributed by atoms with Gasteiger partial charge in [-0.25, -0.2) is 4.79 Å². The number of amides is 2. The van der Waals surface area contributed by atoms with Gasteiger partial charge >= 0.3 is 6.03 Å². The van der Waals surface area contributed by atoms with Crippen molar-refractivity contribution in [2.45, 2.75) is 32.7 Å². The zero-order valence-electron chi connectivity index (χ0n) is 15.6. The Hall–Kier alpha value is -2.49. The molecule has 2 aromatic carbocycles. The summed E-state index contributed by atoms with van der Waals surface area (Å²) in [5.74, 6) is 0.833. The molecule has 0 aliphatic rings. The van der Waals surface area contributed by atoms with Crippen molar-refractivity contribution < 1.29 is 9.53 Å². The summed E-state index contributed by atoms with van der Waals surface area (Å²) in [5, 5.41) is 2.88. The molecule has 0 unspecified atom stereocenters. The molecule has 1 N–H and O–H groups in total. The van der Waals surface area contributed by atoms with Crippen molar-refractivity contribution in [3.63, 3.8) is 0 Å². The van der Waals surface area contributed by atoms with Gasteiger partial charge in [0.15, 0.2) is 0 Å². The van der Waals surface area contributed by atoms with E-state index in [1.165, 1.54) is 5.56 Å². The number of urea groups is 1. The molecule has 2 rings (SSSR count). The number of carbonyl (C=O) groups is 1. The van der Waals surface area contributed by atoms with Gasteiger partial charge in [-0.1, -0.05) is 63.2 Å². The Bertz CT molecular complexity index is 678. The van der Waals surface area contributed by atoms with Gasteiger partial charge in [0.25, 0.3) is 0 Å². The highest BCUT2D eigenvalue weighted by atomic mass is 16.5. The van der Waals surface area contributed by atoms with Gasteiger partial charge in [-0.2, -0.15) is 0 Å². The Morgan fingerprint density at radius 2 is 1.80 bits per heavy atom. The summed E-state index contributed by atoms with van der Waals surface area (Å²) in [5.41, 5.74) is 2.43. The molecular weight excluding hydrogens is 312 g/mol. The van der Waals surface area contributed by atoms with Crippen LogP contribution in [0.2, 0.25) is 0 Å². The molecule has 0 spiro atoms. The summed E-state index contributed by atoms with van der Waals surface area (Å²) in [4.78, 5) is 13.8. The number of rotatable bonds is 6. The van der Waals surface area contributed by atoms with E-state index in [1.807, 2.05) is 42.5 Å². The second-order valence-corrected chi connectivity index (χ2v) is 7.20. The van der Waals surface area contributed by atoms with Crippen molar-refractivity contribution in [2.24, 2.45) is 0 Å². The largest absolute Gasteiger partial charge is 0.492 e. The quantitative estimate of drug-likeness (QED) is 0.801. The van der Waals surface area contributed by atoms with Gasteiger partial charge < -0.3 is 15.0 Å². The number of hydrogen-bond donors (Lipinski definition) is 1. The van der Waals surface area contributed by atoms with Crippen molar-refractivity contribution in [1.29, 1.82) is 0 Å². The van der Waals surface area contributed by atoms with Crippen molar-refractivity contribution in [3.05, 3.63) is 65.7 Å². The van der Waals surface area contributed by atoms with Gasteiger partial charge in [0.05, 0.1) is 6.54 Å². The van der Waals surface area contributed by atoms with Gasteiger partial charge in [0.1, 0.15) is 12.4 Å². The summed E-state index contributed by atoms with van der Waals surface area (Å²) < 4.78 is 5.76. The van der Waals surface area contributed by atoms with Crippen LogP contribution in [0.5, 0.6) is 5.75 Å². The van der Waals surface area contributed by atoms with Crippen LogP contribution in [0.15, 0.2) is 54.6 Å². The number of carbonyl (C=O) groups excluding carboxylic acids is 1. The molecule has 0 bridgehead atoms. The van der Waals surface area contributed by atoms with Crippen LogP contribution in [0.1, 0.15) is 31.9 Å². The molecule has 134 valence electrons. The minimum Gasteiger partial charge on any atom is -0.492 e. The third-order valence-corrected chi connectivity index (χ3v) is 3.96. The molecule has 0 atom stereocenters. The fraction of sp³-hybridized carbons (Fsp3) is 0.381. The van der Waals surface area contributed by atoms with E-state index in [2.05, 4.69) is 38.2 Å². The molecule has 0 radical (unpaired) electrons. The number of hydrogen-bond acceptors (Lipinski definition) is 2. The second kappa shape index (κ2) is 8.56. The molecule has 2 aromatic rings. The van der Waals surface area contributed by atoms with Crippen LogP contribution in [0.4, 0.5) is 4.79 Å². The van der Waals surface area contributed by atoms with E-state index in [9.17, 15) is 4.79 Å². The van der Waals surface area contributed by atoms with Crippen LogP contribution in [0, 0.1) is 0 Å². The molecular formula is C21H28N2O2. The van der Waals surface area contributed by atoms with Gasteiger partial charge in [-0.3, -0.25) is 0 Å². The van der Waals surface area contributed by atoms with Crippen LogP contribution >= 0.6 is 0 Å². The van der Waals surface area contributed by atoms with E-state index in [4.69, 9.17) is 4.74 Å². The Morgan fingerprint density at radius 1 is 1.08 bits per heavy atom. The topological polar surface area (TPSA) is 41.6 Å². The monoisotopic (exact) mass is 340 g/mol. The number of nitrogens with one attached hydrogen (secondary N) is 1. The number of ether oxygens (including phenoxy) is 1. The average Bonchev–Trinajstić information content (AvgIpc) is 2.59. The zero-order chi connectivity index (χ0) is 18.3. The normalized spacial score (nSPS) is 11.0. The molecule has 25 heavy (non-hydrogen) atoms. The van der Waals surface area contributed by atoms with Gasteiger partial charge in [0, 0.05) is 13.6 Å². The van der Waals surface area contributed by atoms with E-state index < -0.39 is 0 Å². The molecule has 4 heteroatoms. The van der Waals surface area contributed by atoms with E-state index in [-0.39, 0.29) is 11.4 Å². The second-order valence-electron chi connectivity index (χ2n) is 7.20. The van der Waals surface area contributed by atoms with Crippen LogP contribution in [0.25, 0.3) is 0 Å². The van der Waals surface area contributed by atoms with E-state index in [0.717, 1.165) is 11.3 Å². The Labute approximate surface area is 150 Å². The summed E-state index contributed by atoms with van der Waals surface area (Å²) in [6.45, 7) is 8.02. The van der Waals surface area contributed by atoms with Crippen LogP contribution in [0.3, 0.4) is 0 Å². The van der Waals surface area contributed by atoms with Gasteiger partial charge in [0.2, 0.25) is 0 Å². The Kier molecular flexibility index (Phi) is 6.45. The first-order chi connectivity index (χ1) is 11.9. The number of nitrogens with zero attached hydrogens (tertiary/aromatic N) is 1. The maximum absolute atomic E-state index is 12.1. The molecule has 0 saturated carbocycles. The van der Waals surface area contributed by atoms with Crippen molar-refractivity contribution in [2.75, 3.05) is 20.2 Å². The van der Waals surface area contributed by atoms with E-state index in [0.29, 0.717) is 19.7 Å². The molecule has 0 aromatic heterocycles. The van der Waals surface area contributed by atoms with Crippen LogP contribution in [-0.4, -0.2) is 31.1 Å². The molecule has 0 aliphatic heterocycles. The molecule has 0 aliphatic carbocycles. The molecule has 0 heterocycles. The lowest BCUT2D eigenvalue weighted by atomic mass is 9.87. The first kappa shape index (κ1) is 18.8. The standard InChI is InChI=1S/C21H28N2O2/c1-21(2,3)18-11-8-12-19(15-18)25-14-13-22-20(24)23(4)16-17-9-6-5-7-10-17/h5-12,15H,13-14,16H2,1-4H3,(H,22,24). The van der Waals surface area contributed by atoms with Crippen molar-refractivity contribution in [3.8, 4) is 5.75 Å². The third-order valence-electron chi connectivity index (χ3n) is 3.96. The highest BCUT2D eigenvalue weighted by molar-refractivity contribution is 5.73. The average molecular weight is 340 g/mol.